The Morgan fingerprint density at radius 1 is 1.11 bits per heavy atom. The molecule has 0 aromatic heterocycles. The molecular formula is C13H10ClNO2S. The minimum Gasteiger partial charge on any atom is -0.279 e. The standard InChI is InChI=1S/C13H10ClNO2S/c1-8-3-2-4-10-11-7-9(14)5-6-12(11)18(16,17)15-13(8)10/h2-7,15H,1H3. The van der Waals surface area contributed by atoms with Gasteiger partial charge in [0.25, 0.3) is 10.0 Å². The third-order valence-electron chi connectivity index (χ3n) is 3.03. The van der Waals surface area contributed by atoms with Gasteiger partial charge < -0.3 is 0 Å². The summed E-state index contributed by atoms with van der Waals surface area (Å²) in [6.07, 6.45) is 0. The molecule has 0 saturated heterocycles. The Morgan fingerprint density at radius 2 is 1.89 bits per heavy atom. The second-order valence-corrected chi connectivity index (χ2v) is 6.33. The van der Waals surface area contributed by atoms with Crippen LogP contribution in [0, 0.1) is 6.92 Å². The fourth-order valence-corrected chi connectivity index (χ4v) is 3.69. The van der Waals surface area contributed by atoms with Crippen molar-refractivity contribution in [3.05, 3.63) is 47.0 Å². The van der Waals surface area contributed by atoms with Crippen LogP contribution in [0.3, 0.4) is 0 Å². The summed E-state index contributed by atoms with van der Waals surface area (Å²) in [6, 6.07) is 10.5. The van der Waals surface area contributed by atoms with Crippen LogP contribution in [0.4, 0.5) is 5.69 Å². The molecule has 0 fully saturated rings. The molecular weight excluding hydrogens is 270 g/mol. The molecule has 0 radical (unpaired) electrons. The average molecular weight is 280 g/mol. The number of sulfonamides is 1. The molecule has 0 atom stereocenters. The number of anilines is 1. The van der Waals surface area contributed by atoms with Crippen molar-refractivity contribution in [2.45, 2.75) is 11.8 Å². The number of halogens is 1. The zero-order chi connectivity index (χ0) is 12.9. The van der Waals surface area contributed by atoms with Crippen LogP contribution in [0.2, 0.25) is 5.02 Å². The lowest BCUT2D eigenvalue weighted by Gasteiger charge is -2.23. The Kier molecular flexibility index (Phi) is 2.40. The number of aryl methyl sites for hydroxylation is 1. The van der Waals surface area contributed by atoms with Gasteiger partial charge in [-0.05, 0) is 30.7 Å². The largest absolute Gasteiger partial charge is 0.279 e. The Morgan fingerprint density at radius 3 is 2.67 bits per heavy atom. The molecule has 1 aliphatic heterocycles. The van der Waals surface area contributed by atoms with E-state index in [4.69, 9.17) is 11.6 Å². The molecule has 0 amide bonds. The fraction of sp³-hybridized carbons (Fsp3) is 0.0769. The van der Waals surface area contributed by atoms with Crippen molar-refractivity contribution in [2.75, 3.05) is 4.72 Å². The lowest BCUT2D eigenvalue weighted by atomic mass is 10.0. The van der Waals surface area contributed by atoms with Crippen LogP contribution in [-0.2, 0) is 10.0 Å². The van der Waals surface area contributed by atoms with Crippen LogP contribution in [-0.4, -0.2) is 8.42 Å². The number of para-hydroxylation sites is 1. The van der Waals surface area contributed by atoms with E-state index in [1.165, 1.54) is 6.07 Å². The monoisotopic (exact) mass is 279 g/mol. The maximum absolute atomic E-state index is 12.1. The number of fused-ring (bicyclic) bond motifs is 3. The summed E-state index contributed by atoms with van der Waals surface area (Å²) in [6.45, 7) is 1.87. The molecule has 0 aliphatic carbocycles. The highest BCUT2D eigenvalue weighted by molar-refractivity contribution is 7.93. The third-order valence-corrected chi connectivity index (χ3v) is 4.67. The lowest BCUT2D eigenvalue weighted by Crippen LogP contribution is -2.19. The Labute approximate surface area is 110 Å². The first-order valence-electron chi connectivity index (χ1n) is 5.41. The van der Waals surface area contributed by atoms with E-state index in [9.17, 15) is 8.42 Å². The first-order valence-corrected chi connectivity index (χ1v) is 7.27. The topological polar surface area (TPSA) is 46.2 Å². The van der Waals surface area contributed by atoms with Gasteiger partial charge in [0.05, 0.1) is 10.6 Å². The number of nitrogens with one attached hydrogen (secondary N) is 1. The molecule has 0 unspecified atom stereocenters. The number of hydrogen-bond acceptors (Lipinski definition) is 2. The van der Waals surface area contributed by atoms with Gasteiger partial charge in [0, 0.05) is 16.1 Å². The summed E-state index contributed by atoms with van der Waals surface area (Å²) >= 11 is 5.96. The summed E-state index contributed by atoms with van der Waals surface area (Å²) in [5.41, 5.74) is 3.04. The molecule has 0 spiro atoms. The highest BCUT2D eigenvalue weighted by Gasteiger charge is 2.28. The molecule has 0 bridgehead atoms. The molecule has 1 aliphatic rings. The summed E-state index contributed by atoms with van der Waals surface area (Å²) in [4.78, 5) is 0.269. The van der Waals surface area contributed by atoms with E-state index in [-0.39, 0.29) is 4.90 Å². The number of benzene rings is 2. The lowest BCUT2D eigenvalue weighted by molar-refractivity contribution is 0.601. The molecule has 5 heteroatoms. The molecule has 1 N–H and O–H groups in total. The first kappa shape index (κ1) is 11.6. The van der Waals surface area contributed by atoms with Gasteiger partial charge in [-0.2, -0.15) is 0 Å². The van der Waals surface area contributed by atoms with Gasteiger partial charge in [-0.25, -0.2) is 8.42 Å². The minimum absolute atomic E-state index is 0.269. The summed E-state index contributed by atoms with van der Waals surface area (Å²) in [5, 5.41) is 0.526. The molecule has 2 aromatic carbocycles. The van der Waals surface area contributed by atoms with Crippen LogP contribution < -0.4 is 4.72 Å². The van der Waals surface area contributed by atoms with Crippen LogP contribution in [0.15, 0.2) is 41.3 Å². The summed E-state index contributed by atoms with van der Waals surface area (Å²) in [5.74, 6) is 0. The smallest absolute Gasteiger partial charge is 0.262 e. The van der Waals surface area contributed by atoms with Gasteiger partial charge in [-0.3, -0.25) is 4.72 Å². The Balaban J connectivity index is 2.44. The van der Waals surface area contributed by atoms with Crippen LogP contribution in [0.1, 0.15) is 5.56 Å². The van der Waals surface area contributed by atoms with Crippen molar-refractivity contribution in [2.24, 2.45) is 0 Å². The zero-order valence-corrected chi connectivity index (χ0v) is 11.1. The highest BCUT2D eigenvalue weighted by atomic mass is 35.5. The normalized spacial score (nSPS) is 15.4. The molecule has 0 saturated carbocycles. The Bertz CT molecular complexity index is 754. The van der Waals surface area contributed by atoms with Crippen molar-refractivity contribution >= 4 is 27.3 Å². The molecule has 1 heterocycles. The molecule has 92 valence electrons. The zero-order valence-electron chi connectivity index (χ0n) is 9.57. The van der Waals surface area contributed by atoms with Crippen molar-refractivity contribution in [1.82, 2.24) is 0 Å². The maximum Gasteiger partial charge on any atom is 0.262 e. The molecule has 2 aromatic rings. The van der Waals surface area contributed by atoms with Gasteiger partial charge in [0.15, 0.2) is 0 Å². The predicted molar refractivity (Wildman–Crippen MR) is 72.4 cm³/mol. The minimum atomic E-state index is -3.50. The third kappa shape index (κ3) is 1.61. The molecule has 3 nitrogen and oxygen atoms in total. The predicted octanol–water partition coefficient (Wildman–Crippen LogP) is 3.43. The van der Waals surface area contributed by atoms with Gasteiger partial charge in [-0.15, -0.1) is 0 Å². The highest BCUT2D eigenvalue weighted by Crippen LogP contribution is 2.41. The van der Waals surface area contributed by atoms with Crippen molar-refractivity contribution < 1.29 is 8.42 Å². The van der Waals surface area contributed by atoms with Gasteiger partial charge in [0.1, 0.15) is 0 Å². The second kappa shape index (κ2) is 3.73. The second-order valence-electron chi connectivity index (χ2n) is 4.24. The van der Waals surface area contributed by atoms with E-state index < -0.39 is 10.0 Å². The summed E-state index contributed by atoms with van der Waals surface area (Å²) < 4.78 is 26.9. The van der Waals surface area contributed by atoms with E-state index >= 15 is 0 Å². The van der Waals surface area contributed by atoms with E-state index in [2.05, 4.69) is 4.72 Å². The molecule has 3 rings (SSSR count). The maximum atomic E-state index is 12.1. The van der Waals surface area contributed by atoms with E-state index in [1.807, 2.05) is 25.1 Å². The summed E-state index contributed by atoms with van der Waals surface area (Å²) in [7, 11) is -3.50. The van der Waals surface area contributed by atoms with Gasteiger partial charge >= 0.3 is 0 Å². The van der Waals surface area contributed by atoms with E-state index in [1.54, 1.807) is 12.1 Å². The van der Waals surface area contributed by atoms with Gasteiger partial charge in [-0.1, -0.05) is 29.8 Å². The Hall–Kier alpha value is -1.52. The van der Waals surface area contributed by atoms with Crippen molar-refractivity contribution in [3.63, 3.8) is 0 Å². The number of rotatable bonds is 0. The van der Waals surface area contributed by atoms with Crippen molar-refractivity contribution in [3.8, 4) is 11.1 Å². The fourth-order valence-electron chi connectivity index (χ4n) is 2.16. The molecule has 18 heavy (non-hydrogen) atoms. The SMILES string of the molecule is Cc1cccc2c1NS(=O)(=O)c1ccc(Cl)cc1-2. The van der Waals surface area contributed by atoms with Gasteiger partial charge in [0.2, 0.25) is 0 Å². The first-order chi connectivity index (χ1) is 8.49. The number of hydrogen-bond donors (Lipinski definition) is 1. The average Bonchev–Trinajstić information content (AvgIpc) is 2.30. The van der Waals surface area contributed by atoms with Crippen LogP contribution >= 0.6 is 11.6 Å². The van der Waals surface area contributed by atoms with Crippen LogP contribution in [0.25, 0.3) is 11.1 Å². The van der Waals surface area contributed by atoms with Crippen molar-refractivity contribution in [1.29, 1.82) is 0 Å². The van der Waals surface area contributed by atoms with E-state index in [0.717, 1.165) is 11.1 Å². The van der Waals surface area contributed by atoms with E-state index in [0.29, 0.717) is 16.3 Å². The quantitative estimate of drug-likeness (QED) is 0.803. The van der Waals surface area contributed by atoms with Crippen LogP contribution in [0.5, 0.6) is 0 Å².